The van der Waals surface area contributed by atoms with Gasteiger partial charge in [0, 0.05) is 31.5 Å². The molecule has 0 bridgehead atoms. The molecule has 5 heteroatoms. The molecule has 0 aliphatic heterocycles. The number of anilines is 1. The van der Waals surface area contributed by atoms with Crippen LogP contribution in [0.15, 0.2) is 18.3 Å². The molecular weight excluding hydrogens is 216 g/mol. The van der Waals surface area contributed by atoms with E-state index in [-0.39, 0.29) is 5.91 Å². The number of nitrogens with one attached hydrogen (secondary N) is 2. The molecule has 1 aromatic rings. The van der Waals surface area contributed by atoms with Crippen molar-refractivity contribution < 1.29 is 4.79 Å². The summed E-state index contributed by atoms with van der Waals surface area (Å²) < 4.78 is 0. The largest absolute Gasteiger partial charge is 0.388 e. The molecule has 0 radical (unpaired) electrons. The van der Waals surface area contributed by atoms with Gasteiger partial charge in [-0.05, 0) is 33.2 Å². The van der Waals surface area contributed by atoms with E-state index < -0.39 is 0 Å². The lowest BCUT2D eigenvalue weighted by Crippen LogP contribution is -2.38. The zero-order chi connectivity index (χ0) is 12.8. The minimum absolute atomic E-state index is 0.143. The number of carbonyl (C=O) groups excluding carboxylic acids is 1. The van der Waals surface area contributed by atoms with Gasteiger partial charge >= 0.3 is 0 Å². The third-order valence-corrected chi connectivity index (χ3v) is 2.72. The molecule has 1 unspecified atom stereocenters. The molecule has 17 heavy (non-hydrogen) atoms. The first-order valence-electron chi connectivity index (χ1n) is 5.63. The average Bonchev–Trinajstić information content (AvgIpc) is 2.35. The van der Waals surface area contributed by atoms with E-state index in [2.05, 4.69) is 27.4 Å². The fourth-order valence-electron chi connectivity index (χ4n) is 1.22. The second kappa shape index (κ2) is 6.20. The molecule has 0 aliphatic carbocycles. The van der Waals surface area contributed by atoms with Crippen LogP contribution in [0.3, 0.4) is 0 Å². The van der Waals surface area contributed by atoms with E-state index in [0.29, 0.717) is 18.3 Å². The van der Waals surface area contributed by atoms with Crippen LogP contribution in [0.25, 0.3) is 0 Å². The first kappa shape index (κ1) is 13.4. The van der Waals surface area contributed by atoms with Gasteiger partial charge in [0.1, 0.15) is 5.69 Å². The molecule has 1 rings (SSSR count). The van der Waals surface area contributed by atoms with Crippen molar-refractivity contribution in [3.05, 3.63) is 24.0 Å². The van der Waals surface area contributed by atoms with E-state index in [0.717, 1.165) is 5.69 Å². The maximum Gasteiger partial charge on any atom is 0.270 e. The second-order valence-electron chi connectivity index (χ2n) is 4.20. The molecule has 94 valence electrons. The summed E-state index contributed by atoms with van der Waals surface area (Å²) in [6.45, 7) is 2.66. The predicted octanol–water partition coefficient (Wildman–Crippen LogP) is 0.803. The van der Waals surface area contributed by atoms with Crippen LogP contribution < -0.4 is 10.6 Å². The Balaban J connectivity index is 2.57. The number of pyridine rings is 1. The van der Waals surface area contributed by atoms with Crippen LogP contribution in [-0.2, 0) is 0 Å². The quantitative estimate of drug-likeness (QED) is 0.794. The van der Waals surface area contributed by atoms with E-state index in [9.17, 15) is 4.79 Å². The van der Waals surface area contributed by atoms with Gasteiger partial charge in [0.15, 0.2) is 0 Å². The fraction of sp³-hybridized carbons (Fsp3) is 0.500. The summed E-state index contributed by atoms with van der Waals surface area (Å²) in [6, 6.07) is 3.85. The summed E-state index contributed by atoms with van der Waals surface area (Å²) in [5.41, 5.74) is 1.31. The van der Waals surface area contributed by atoms with Crippen LogP contribution in [-0.4, -0.2) is 49.5 Å². The van der Waals surface area contributed by atoms with Crippen molar-refractivity contribution >= 4 is 11.6 Å². The average molecular weight is 236 g/mol. The van der Waals surface area contributed by atoms with Crippen molar-refractivity contribution in [1.29, 1.82) is 0 Å². The lowest BCUT2D eigenvalue weighted by atomic mass is 10.2. The maximum atomic E-state index is 11.8. The van der Waals surface area contributed by atoms with Crippen molar-refractivity contribution in [1.82, 2.24) is 15.2 Å². The SMILES string of the molecule is CNc1ccnc(C(=O)NCC(C)N(C)C)c1. The number of nitrogens with zero attached hydrogens (tertiary/aromatic N) is 2. The van der Waals surface area contributed by atoms with Crippen LogP contribution in [0.1, 0.15) is 17.4 Å². The Labute approximate surface area is 102 Å². The standard InChI is InChI=1S/C12H20N4O/c1-9(16(3)4)8-15-12(17)11-7-10(13-2)5-6-14-11/h5-7,9H,8H2,1-4H3,(H,13,14)(H,15,17). The zero-order valence-corrected chi connectivity index (χ0v) is 10.8. The van der Waals surface area contributed by atoms with Gasteiger partial charge in [-0.25, -0.2) is 0 Å². The molecule has 0 spiro atoms. The lowest BCUT2D eigenvalue weighted by molar-refractivity contribution is 0.0939. The van der Waals surface area contributed by atoms with E-state index >= 15 is 0 Å². The number of hydrogen-bond donors (Lipinski definition) is 2. The molecular formula is C12H20N4O. The first-order valence-corrected chi connectivity index (χ1v) is 5.63. The van der Waals surface area contributed by atoms with Crippen molar-refractivity contribution in [3.63, 3.8) is 0 Å². The molecule has 2 N–H and O–H groups in total. The van der Waals surface area contributed by atoms with E-state index in [1.54, 1.807) is 12.3 Å². The lowest BCUT2D eigenvalue weighted by Gasteiger charge is -2.19. The summed E-state index contributed by atoms with van der Waals surface area (Å²) in [6.07, 6.45) is 1.62. The maximum absolute atomic E-state index is 11.8. The topological polar surface area (TPSA) is 57.3 Å². The summed E-state index contributed by atoms with van der Waals surface area (Å²) in [4.78, 5) is 17.9. The number of carbonyl (C=O) groups is 1. The highest BCUT2D eigenvalue weighted by Crippen LogP contribution is 2.06. The summed E-state index contributed by atoms with van der Waals surface area (Å²) in [7, 11) is 5.78. The monoisotopic (exact) mass is 236 g/mol. The summed E-state index contributed by atoms with van der Waals surface area (Å²) in [5.74, 6) is -0.143. The highest BCUT2D eigenvalue weighted by atomic mass is 16.1. The van der Waals surface area contributed by atoms with Gasteiger partial charge in [-0.3, -0.25) is 9.78 Å². The van der Waals surface area contributed by atoms with Crippen molar-refractivity contribution in [2.24, 2.45) is 0 Å². The van der Waals surface area contributed by atoms with Crippen molar-refractivity contribution in [2.75, 3.05) is 33.0 Å². The smallest absolute Gasteiger partial charge is 0.270 e. The highest BCUT2D eigenvalue weighted by Gasteiger charge is 2.10. The summed E-state index contributed by atoms with van der Waals surface area (Å²) >= 11 is 0. The van der Waals surface area contributed by atoms with Gasteiger partial charge in [0.05, 0.1) is 0 Å². The molecule has 5 nitrogen and oxygen atoms in total. The molecule has 1 aromatic heterocycles. The third-order valence-electron chi connectivity index (χ3n) is 2.72. The Morgan fingerprint density at radius 2 is 2.24 bits per heavy atom. The number of hydrogen-bond acceptors (Lipinski definition) is 4. The molecule has 1 atom stereocenters. The Bertz CT molecular complexity index is 379. The predicted molar refractivity (Wildman–Crippen MR) is 69.3 cm³/mol. The zero-order valence-electron chi connectivity index (χ0n) is 10.8. The second-order valence-corrected chi connectivity index (χ2v) is 4.20. The number of likely N-dealkylation sites (N-methyl/N-ethyl adjacent to an activating group) is 1. The summed E-state index contributed by atoms with van der Waals surface area (Å²) in [5, 5.41) is 5.84. The minimum atomic E-state index is -0.143. The number of rotatable bonds is 5. The normalized spacial score (nSPS) is 12.3. The third kappa shape index (κ3) is 4.03. The van der Waals surface area contributed by atoms with Crippen LogP contribution in [0, 0.1) is 0 Å². The molecule has 0 saturated carbocycles. The molecule has 0 fully saturated rings. The van der Waals surface area contributed by atoms with E-state index in [1.807, 2.05) is 27.2 Å². The molecule has 1 amide bonds. The van der Waals surface area contributed by atoms with Crippen LogP contribution in [0.4, 0.5) is 5.69 Å². The van der Waals surface area contributed by atoms with E-state index in [1.165, 1.54) is 0 Å². The van der Waals surface area contributed by atoms with Gasteiger partial charge in [-0.1, -0.05) is 0 Å². The number of aromatic nitrogens is 1. The van der Waals surface area contributed by atoms with E-state index in [4.69, 9.17) is 0 Å². The molecule has 0 aromatic carbocycles. The fourth-order valence-corrected chi connectivity index (χ4v) is 1.22. The van der Waals surface area contributed by atoms with Crippen LogP contribution >= 0.6 is 0 Å². The Morgan fingerprint density at radius 3 is 2.82 bits per heavy atom. The van der Waals surface area contributed by atoms with Gasteiger partial charge < -0.3 is 15.5 Å². The Hall–Kier alpha value is -1.62. The van der Waals surface area contributed by atoms with Gasteiger partial charge in [0.2, 0.25) is 0 Å². The minimum Gasteiger partial charge on any atom is -0.388 e. The van der Waals surface area contributed by atoms with Crippen LogP contribution in [0.5, 0.6) is 0 Å². The Kier molecular flexibility index (Phi) is 4.90. The van der Waals surface area contributed by atoms with Crippen molar-refractivity contribution in [2.45, 2.75) is 13.0 Å². The Morgan fingerprint density at radius 1 is 1.53 bits per heavy atom. The number of amides is 1. The van der Waals surface area contributed by atoms with Gasteiger partial charge in [-0.2, -0.15) is 0 Å². The first-order chi connectivity index (χ1) is 8.04. The molecule has 0 saturated heterocycles. The molecule has 0 aliphatic rings. The molecule has 1 heterocycles. The van der Waals surface area contributed by atoms with Gasteiger partial charge in [-0.15, -0.1) is 0 Å². The van der Waals surface area contributed by atoms with Gasteiger partial charge in [0.25, 0.3) is 5.91 Å². The highest BCUT2D eigenvalue weighted by molar-refractivity contribution is 5.93. The van der Waals surface area contributed by atoms with Crippen molar-refractivity contribution in [3.8, 4) is 0 Å². The van der Waals surface area contributed by atoms with Crippen LogP contribution in [0.2, 0.25) is 0 Å².